The third-order valence-corrected chi connectivity index (χ3v) is 2.79. The molecular formula is C11H15N3O. The second-order valence-electron chi connectivity index (χ2n) is 3.78. The number of rotatable bonds is 2. The first-order valence-electron chi connectivity index (χ1n) is 5.18. The Labute approximate surface area is 89.3 Å². The predicted molar refractivity (Wildman–Crippen MR) is 57.6 cm³/mol. The van der Waals surface area contributed by atoms with Crippen molar-refractivity contribution in [2.75, 3.05) is 20.1 Å². The zero-order chi connectivity index (χ0) is 10.7. The van der Waals surface area contributed by atoms with E-state index in [1.807, 2.05) is 19.2 Å². The van der Waals surface area contributed by atoms with Crippen molar-refractivity contribution in [2.24, 2.45) is 0 Å². The van der Waals surface area contributed by atoms with Gasteiger partial charge in [0.05, 0.1) is 0 Å². The summed E-state index contributed by atoms with van der Waals surface area (Å²) >= 11 is 0. The highest BCUT2D eigenvalue weighted by atomic mass is 16.2. The number of aromatic nitrogens is 1. The lowest BCUT2D eigenvalue weighted by molar-refractivity contribution is 0.0738. The molecule has 15 heavy (non-hydrogen) atoms. The van der Waals surface area contributed by atoms with Crippen molar-refractivity contribution in [3.63, 3.8) is 0 Å². The van der Waals surface area contributed by atoms with Crippen LogP contribution in [0.4, 0.5) is 0 Å². The number of amides is 1. The number of carbonyl (C=O) groups is 1. The third-order valence-electron chi connectivity index (χ3n) is 2.79. The molecule has 0 radical (unpaired) electrons. The maximum Gasteiger partial charge on any atom is 0.272 e. The van der Waals surface area contributed by atoms with Gasteiger partial charge in [0.2, 0.25) is 0 Å². The lowest BCUT2D eigenvalue weighted by atomic mass is 10.2. The lowest BCUT2D eigenvalue weighted by Crippen LogP contribution is -2.38. The van der Waals surface area contributed by atoms with E-state index < -0.39 is 0 Å². The molecule has 0 saturated carbocycles. The van der Waals surface area contributed by atoms with Gasteiger partial charge in [0.1, 0.15) is 5.69 Å². The zero-order valence-corrected chi connectivity index (χ0v) is 8.81. The van der Waals surface area contributed by atoms with Crippen molar-refractivity contribution in [2.45, 2.75) is 12.5 Å². The molecule has 1 aliphatic heterocycles. The van der Waals surface area contributed by atoms with E-state index >= 15 is 0 Å². The van der Waals surface area contributed by atoms with Crippen LogP contribution in [0, 0.1) is 0 Å². The summed E-state index contributed by atoms with van der Waals surface area (Å²) in [4.78, 5) is 17.8. The SMILES string of the molecule is CN(C(=O)c1ccccn1)C1CCNC1. The molecule has 1 amide bonds. The first kappa shape index (κ1) is 10.1. The molecule has 1 fully saturated rings. The molecule has 2 rings (SSSR count). The van der Waals surface area contributed by atoms with Gasteiger partial charge in [-0.3, -0.25) is 9.78 Å². The molecule has 80 valence electrons. The Bertz CT molecular complexity index is 333. The van der Waals surface area contributed by atoms with E-state index in [1.54, 1.807) is 17.2 Å². The van der Waals surface area contributed by atoms with E-state index in [-0.39, 0.29) is 5.91 Å². The Morgan fingerprint density at radius 2 is 2.47 bits per heavy atom. The molecule has 1 unspecified atom stereocenters. The summed E-state index contributed by atoms with van der Waals surface area (Å²) < 4.78 is 0. The fourth-order valence-corrected chi connectivity index (χ4v) is 1.81. The minimum atomic E-state index is 0.00398. The van der Waals surface area contributed by atoms with Crippen LogP contribution in [0.2, 0.25) is 0 Å². The van der Waals surface area contributed by atoms with Crippen LogP contribution in [0.15, 0.2) is 24.4 Å². The molecule has 1 aliphatic rings. The number of pyridine rings is 1. The topological polar surface area (TPSA) is 45.2 Å². The smallest absolute Gasteiger partial charge is 0.272 e. The normalized spacial score (nSPS) is 20.2. The maximum atomic E-state index is 12.0. The molecule has 0 aromatic carbocycles. The summed E-state index contributed by atoms with van der Waals surface area (Å²) in [5.74, 6) is 0.00398. The number of likely N-dealkylation sites (N-methyl/N-ethyl adjacent to an activating group) is 1. The van der Waals surface area contributed by atoms with Crippen LogP contribution >= 0.6 is 0 Å². The average Bonchev–Trinajstić information content (AvgIpc) is 2.82. The molecule has 1 saturated heterocycles. The van der Waals surface area contributed by atoms with Gasteiger partial charge in [-0.25, -0.2) is 0 Å². The Morgan fingerprint density at radius 3 is 3.07 bits per heavy atom. The molecule has 2 heterocycles. The van der Waals surface area contributed by atoms with E-state index in [4.69, 9.17) is 0 Å². The van der Waals surface area contributed by atoms with Crippen LogP contribution in [0.3, 0.4) is 0 Å². The zero-order valence-electron chi connectivity index (χ0n) is 8.81. The molecule has 4 heteroatoms. The summed E-state index contributed by atoms with van der Waals surface area (Å²) in [6.45, 7) is 1.87. The lowest BCUT2D eigenvalue weighted by Gasteiger charge is -2.23. The van der Waals surface area contributed by atoms with Crippen molar-refractivity contribution in [3.8, 4) is 0 Å². The van der Waals surface area contributed by atoms with E-state index in [2.05, 4.69) is 10.3 Å². The van der Waals surface area contributed by atoms with Crippen LogP contribution in [-0.4, -0.2) is 42.0 Å². The third kappa shape index (κ3) is 2.15. The fraction of sp³-hybridized carbons (Fsp3) is 0.455. The number of carbonyl (C=O) groups excluding carboxylic acids is 1. The van der Waals surface area contributed by atoms with Gasteiger partial charge in [0, 0.05) is 25.8 Å². The van der Waals surface area contributed by atoms with Gasteiger partial charge in [0.25, 0.3) is 5.91 Å². The van der Waals surface area contributed by atoms with Crippen LogP contribution in [0.1, 0.15) is 16.9 Å². The van der Waals surface area contributed by atoms with Gasteiger partial charge in [-0.05, 0) is 25.1 Å². The number of hydrogen-bond donors (Lipinski definition) is 1. The van der Waals surface area contributed by atoms with Crippen molar-refractivity contribution >= 4 is 5.91 Å². The van der Waals surface area contributed by atoms with E-state index in [0.29, 0.717) is 11.7 Å². The summed E-state index contributed by atoms with van der Waals surface area (Å²) in [5.41, 5.74) is 0.520. The molecule has 4 nitrogen and oxygen atoms in total. The molecule has 1 aromatic rings. The second kappa shape index (κ2) is 4.40. The van der Waals surface area contributed by atoms with Gasteiger partial charge in [-0.1, -0.05) is 6.07 Å². The molecular weight excluding hydrogens is 190 g/mol. The van der Waals surface area contributed by atoms with Crippen LogP contribution in [0.25, 0.3) is 0 Å². The van der Waals surface area contributed by atoms with Gasteiger partial charge < -0.3 is 10.2 Å². The van der Waals surface area contributed by atoms with Crippen molar-refractivity contribution < 1.29 is 4.79 Å². The van der Waals surface area contributed by atoms with Crippen LogP contribution < -0.4 is 5.32 Å². The van der Waals surface area contributed by atoms with Gasteiger partial charge >= 0.3 is 0 Å². The largest absolute Gasteiger partial charge is 0.336 e. The van der Waals surface area contributed by atoms with Crippen molar-refractivity contribution in [3.05, 3.63) is 30.1 Å². The summed E-state index contributed by atoms with van der Waals surface area (Å²) in [7, 11) is 1.84. The first-order valence-corrected chi connectivity index (χ1v) is 5.18. The minimum absolute atomic E-state index is 0.00398. The minimum Gasteiger partial charge on any atom is -0.336 e. The number of hydrogen-bond acceptors (Lipinski definition) is 3. The molecule has 1 atom stereocenters. The first-order chi connectivity index (χ1) is 7.29. The van der Waals surface area contributed by atoms with E-state index in [0.717, 1.165) is 19.5 Å². The monoisotopic (exact) mass is 205 g/mol. The van der Waals surface area contributed by atoms with Gasteiger partial charge in [-0.2, -0.15) is 0 Å². The van der Waals surface area contributed by atoms with E-state index in [1.165, 1.54) is 0 Å². The predicted octanol–water partition coefficient (Wildman–Crippen LogP) is 0.515. The summed E-state index contributed by atoms with van der Waals surface area (Å²) in [6.07, 6.45) is 2.67. The fourth-order valence-electron chi connectivity index (χ4n) is 1.81. The van der Waals surface area contributed by atoms with E-state index in [9.17, 15) is 4.79 Å². The summed E-state index contributed by atoms with van der Waals surface area (Å²) in [6, 6.07) is 5.70. The van der Waals surface area contributed by atoms with Gasteiger partial charge in [-0.15, -0.1) is 0 Å². The molecule has 0 bridgehead atoms. The van der Waals surface area contributed by atoms with Crippen LogP contribution in [0.5, 0.6) is 0 Å². The standard InChI is InChI=1S/C11H15N3O/c1-14(9-5-7-12-8-9)11(15)10-4-2-3-6-13-10/h2-4,6,9,12H,5,7-8H2,1H3. The molecule has 1 N–H and O–H groups in total. The maximum absolute atomic E-state index is 12.0. The van der Waals surface area contributed by atoms with Crippen LogP contribution in [-0.2, 0) is 0 Å². The highest BCUT2D eigenvalue weighted by Gasteiger charge is 2.24. The second-order valence-corrected chi connectivity index (χ2v) is 3.78. The molecule has 0 spiro atoms. The number of nitrogens with zero attached hydrogens (tertiary/aromatic N) is 2. The highest BCUT2D eigenvalue weighted by Crippen LogP contribution is 2.09. The van der Waals surface area contributed by atoms with Crippen molar-refractivity contribution in [1.82, 2.24) is 15.2 Å². The summed E-state index contributed by atoms with van der Waals surface area (Å²) in [5, 5.41) is 3.25. The van der Waals surface area contributed by atoms with Crippen molar-refractivity contribution in [1.29, 1.82) is 0 Å². The quantitative estimate of drug-likeness (QED) is 0.765. The Kier molecular flexibility index (Phi) is 2.97. The Balaban J connectivity index is 2.07. The Morgan fingerprint density at radius 1 is 1.60 bits per heavy atom. The highest BCUT2D eigenvalue weighted by molar-refractivity contribution is 5.92. The van der Waals surface area contributed by atoms with Gasteiger partial charge in [0.15, 0.2) is 0 Å². The number of nitrogens with one attached hydrogen (secondary N) is 1. The molecule has 0 aliphatic carbocycles. The average molecular weight is 205 g/mol. The molecule has 1 aromatic heterocycles. The Hall–Kier alpha value is -1.42.